The first-order valence-corrected chi connectivity index (χ1v) is 19.2. The number of halogens is 3. The van der Waals surface area contributed by atoms with E-state index in [9.17, 15) is 14.4 Å². The largest absolute Gasteiger partial charge is 0.397 e. The predicted molar refractivity (Wildman–Crippen MR) is 200 cm³/mol. The third kappa shape index (κ3) is 8.29. The molecule has 0 spiro atoms. The molecule has 0 bridgehead atoms. The molecule has 3 fully saturated rings. The van der Waals surface area contributed by atoms with E-state index >= 15 is 0 Å². The van der Waals surface area contributed by atoms with Gasteiger partial charge in [0, 0.05) is 50.7 Å². The summed E-state index contributed by atoms with van der Waals surface area (Å²) >= 11 is 10.6. The van der Waals surface area contributed by atoms with Crippen LogP contribution in [-0.4, -0.2) is 83.0 Å². The molecule has 3 atom stereocenters. The number of aromatic nitrogens is 2. The van der Waals surface area contributed by atoms with Crippen molar-refractivity contribution < 1.29 is 9.59 Å². The van der Waals surface area contributed by atoms with Gasteiger partial charge in [-0.3, -0.25) is 14.2 Å². The quantitative estimate of drug-likeness (QED) is 0.228. The second-order valence-corrected chi connectivity index (χ2v) is 16.2. The van der Waals surface area contributed by atoms with E-state index in [1.54, 1.807) is 4.57 Å². The summed E-state index contributed by atoms with van der Waals surface area (Å²) in [6, 6.07) is 10.2. The lowest BCUT2D eigenvalue weighted by atomic mass is 9.79. The molecule has 3 aliphatic rings. The zero-order chi connectivity index (χ0) is 33.9. The lowest BCUT2D eigenvalue weighted by Gasteiger charge is -2.40. The molecular formula is C35H44Br3N7O3. The maximum Gasteiger partial charge on any atom is 0.326 e. The molecule has 2 amide bonds. The van der Waals surface area contributed by atoms with Crippen LogP contribution in [0.5, 0.6) is 0 Å². The molecule has 4 heterocycles. The van der Waals surface area contributed by atoms with Gasteiger partial charge in [-0.1, -0.05) is 28.1 Å². The summed E-state index contributed by atoms with van der Waals surface area (Å²) in [5, 5.41) is 6.47. The molecule has 258 valence electrons. The lowest BCUT2D eigenvalue weighted by molar-refractivity contribution is -0.138. The van der Waals surface area contributed by atoms with Crippen molar-refractivity contribution >= 4 is 65.3 Å². The summed E-state index contributed by atoms with van der Waals surface area (Å²) in [6.45, 7) is 4.28. The van der Waals surface area contributed by atoms with Gasteiger partial charge in [0.1, 0.15) is 6.04 Å². The van der Waals surface area contributed by atoms with E-state index < -0.39 is 12.1 Å². The Balaban J connectivity index is 1.15. The number of anilines is 1. The highest BCUT2D eigenvalue weighted by Crippen LogP contribution is 2.33. The average molecular weight is 850 g/mol. The highest BCUT2D eigenvalue weighted by molar-refractivity contribution is 9.11. The van der Waals surface area contributed by atoms with Crippen molar-refractivity contribution in [3.8, 4) is 11.3 Å². The van der Waals surface area contributed by atoms with Crippen LogP contribution in [0, 0.1) is 11.8 Å². The number of hydrogen-bond donors (Lipinski definition) is 4. The number of amides is 2. The van der Waals surface area contributed by atoms with Crippen LogP contribution in [0.15, 0.2) is 60.8 Å². The third-order valence-corrected chi connectivity index (χ3v) is 12.2. The number of imidazole rings is 1. The van der Waals surface area contributed by atoms with Gasteiger partial charge in [-0.05, 0) is 139 Å². The highest BCUT2D eigenvalue weighted by atomic mass is 79.9. The van der Waals surface area contributed by atoms with Crippen LogP contribution in [0.3, 0.4) is 0 Å². The molecule has 2 aromatic carbocycles. The minimum Gasteiger partial charge on any atom is -0.397 e. The second-order valence-electron chi connectivity index (χ2n) is 13.6. The third-order valence-electron chi connectivity index (χ3n) is 10.4. The SMILES string of the molecule is CN1CCC(C2CCN(C(=O)[C@@H](Cc3cc(Br)c(N)c(Br)c3)NC(=O)C3CC(n4cc(-c5cccc(Br)c5)[nH]c4=O)CCN3)CC2)CC1. The number of piperidine rings is 3. The Bertz CT molecular complexity index is 1650. The van der Waals surface area contributed by atoms with Crippen molar-refractivity contribution in [3.05, 3.63) is 72.1 Å². The van der Waals surface area contributed by atoms with Crippen molar-refractivity contribution in [2.24, 2.45) is 11.8 Å². The Labute approximate surface area is 307 Å². The minimum absolute atomic E-state index is 0.0536. The first-order chi connectivity index (χ1) is 23.0. The van der Waals surface area contributed by atoms with Gasteiger partial charge < -0.3 is 31.2 Å². The van der Waals surface area contributed by atoms with Gasteiger partial charge in [-0.2, -0.15) is 0 Å². The maximum absolute atomic E-state index is 14.2. The fourth-order valence-corrected chi connectivity index (χ4v) is 9.29. The smallest absolute Gasteiger partial charge is 0.326 e. The van der Waals surface area contributed by atoms with Crippen LogP contribution in [0.25, 0.3) is 11.3 Å². The Hall–Kier alpha value is -2.45. The number of benzene rings is 2. The zero-order valence-electron chi connectivity index (χ0n) is 27.2. The Kier molecular flexibility index (Phi) is 11.5. The number of rotatable bonds is 8. The van der Waals surface area contributed by atoms with Crippen molar-refractivity contribution in [3.63, 3.8) is 0 Å². The van der Waals surface area contributed by atoms with Crippen LogP contribution in [-0.2, 0) is 16.0 Å². The van der Waals surface area contributed by atoms with Crippen molar-refractivity contribution in [1.82, 2.24) is 30.0 Å². The van der Waals surface area contributed by atoms with E-state index in [2.05, 4.69) is 75.4 Å². The van der Waals surface area contributed by atoms with E-state index in [4.69, 9.17) is 5.73 Å². The molecule has 48 heavy (non-hydrogen) atoms. The Morgan fingerprint density at radius 1 is 0.979 bits per heavy atom. The molecule has 0 radical (unpaired) electrons. The van der Waals surface area contributed by atoms with Crippen LogP contribution in [0.4, 0.5) is 5.69 Å². The van der Waals surface area contributed by atoms with Crippen molar-refractivity contribution in [2.75, 3.05) is 45.5 Å². The zero-order valence-corrected chi connectivity index (χ0v) is 31.9. The van der Waals surface area contributed by atoms with Gasteiger partial charge >= 0.3 is 5.69 Å². The first kappa shape index (κ1) is 35.4. The fourth-order valence-electron chi connectivity index (χ4n) is 7.61. The minimum atomic E-state index is -0.736. The van der Waals surface area contributed by atoms with Crippen LogP contribution in [0.1, 0.15) is 50.1 Å². The molecule has 0 saturated carbocycles. The van der Waals surface area contributed by atoms with E-state index in [1.807, 2.05) is 47.5 Å². The molecule has 0 aliphatic carbocycles. The summed E-state index contributed by atoms with van der Waals surface area (Å²) in [4.78, 5) is 48.4. The average Bonchev–Trinajstić information content (AvgIpc) is 3.48. The summed E-state index contributed by atoms with van der Waals surface area (Å²) in [7, 11) is 2.19. The number of nitrogen functional groups attached to an aromatic ring is 1. The van der Waals surface area contributed by atoms with Crippen molar-refractivity contribution in [2.45, 2.75) is 63.1 Å². The lowest BCUT2D eigenvalue weighted by Crippen LogP contribution is -2.57. The number of aromatic amines is 1. The van der Waals surface area contributed by atoms with Crippen LogP contribution < -0.4 is 22.1 Å². The summed E-state index contributed by atoms with van der Waals surface area (Å²) < 4.78 is 4.10. The molecule has 3 saturated heterocycles. The standard InChI is InChI=1S/C35H44Br3N7O3/c1-43-11-6-22(7-12-43)23-8-13-44(14-9-23)34(47)30(17-21-15-27(37)32(39)28(38)16-21)41-33(46)29-19-26(5-10-40-29)45-20-31(42-35(45)48)24-3-2-4-25(36)18-24/h2-4,15-16,18,20,22-23,26,29-30,40H,5-14,17,19,39H2,1H3,(H,41,46)(H,42,48)/t26?,29?,30-/m1/s1. The van der Waals surface area contributed by atoms with Crippen LogP contribution >= 0.6 is 47.8 Å². The number of likely N-dealkylation sites (tertiary alicyclic amines) is 2. The van der Waals surface area contributed by atoms with E-state index in [0.29, 0.717) is 50.5 Å². The number of nitrogens with zero attached hydrogens (tertiary/aromatic N) is 3. The number of nitrogens with one attached hydrogen (secondary N) is 3. The molecule has 3 aliphatic heterocycles. The van der Waals surface area contributed by atoms with E-state index in [-0.39, 0.29) is 23.5 Å². The molecule has 5 N–H and O–H groups in total. The van der Waals surface area contributed by atoms with Gasteiger partial charge in [0.2, 0.25) is 11.8 Å². The summed E-state index contributed by atoms with van der Waals surface area (Å²) in [6.07, 6.45) is 7.77. The number of carbonyl (C=O) groups excluding carboxylic acids is 2. The molecule has 2 unspecified atom stereocenters. The van der Waals surface area contributed by atoms with Gasteiger partial charge in [-0.25, -0.2) is 4.79 Å². The monoisotopic (exact) mass is 847 g/mol. The van der Waals surface area contributed by atoms with Gasteiger partial charge in [-0.15, -0.1) is 0 Å². The fraction of sp³-hybridized carbons (Fsp3) is 0.514. The second kappa shape index (κ2) is 15.6. The van der Waals surface area contributed by atoms with E-state index in [0.717, 1.165) is 62.1 Å². The van der Waals surface area contributed by atoms with Gasteiger partial charge in [0.05, 0.1) is 17.4 Å². The number of carbonyl (C=O) groups is 2. The van der Waals surface area contributed by atoms with Gasteiger partial charge in [0.25, 0.3) is 0 Å². The molecular weight excluding hydrogens is 806 g/mol. The Morgan fingerprint density at radius 3 is 2.31 bits per heavy atom. The normalized spacial score (nSPS) is 22.0. The van der Waals surface area contributed by atoms with Crippen molar-refractivity contribution in [1.29, 1.82) is 0 Å². The summed E-state index contributed by atoms with van der Waals surface area (Å²) in [5.74, 6) is 1.08. The predicted octanol–water partition coefficient (Wildman–Crippen LogP) is 5.31. The van der Waals surface area contributed by atoms with Crippen LogP contribution in [0.2, 0.25) is 0 Å². The number of hydrogen-bond acceptors (Lipinski definition) is 6. The highest BCUT2D eigenvalue weighted by Gasteiger charge is 2.35. The summed E-state index contributed by atoms with van der Waals surface area (Å²) in [5.41, 5.74) is 9.05. The number of H-pyrrole nitrogens is 1. The van der Waals surface area contributed by atoms with E-state index in [1.165, 1.54) is 12.8 Å². The molecule has 3 aromatic rings. The topological polar surface area (TPSA) is 128 Å². The Morgan fingerprint density at radius 2 is 1.65 bits per heavy atom. The first-order valence-electron chi connectivity index (χ1n) is 16.9. The molecule has 1 aromatic heterocycles. The molecule has 6 rings (SSSR count). The molecule has 10 nitrogen and oxygen atoms in total. The number of nitrogens with two attached hydrogens (primary N) is 1. The molecule has 13 heteroatoms. The maximum atomic E-state index is 14.2. The van der Waals surface area contributed by atoms with Gasteiger partial charge in [0.15, 0.2) is 0 Å².